The van der Waals surface area contributed by atoms with Crippen LogP contribution in [0.3, 0.4) is 0 Å². The second-order valence-electron chi connectivity index (χ2n) is 12.1. The molecule has 0 aliphatic carbocycles. The first-order chi connectivity index (χ1) is 19.7. The highest BCUT2D eigenvalue weighted by molar-refractivity contribution is 6.27. The van der Waals surface area contributed by atoms with Gasteiger partial charge in [0, 0.05) is 9.82 Å². The third-order valence-electron chi connectivity index (χ3n) is 7.24. The van der Waals surface area contributed by atoms with Crippen molar-refractivity contribution in [2.75, 3.05) is 14.2 Å². The van der Waals surface area contributed by atoms with Crippen LogP contribution in [-0.4, -0.2) is 26.2 Å². The lowest BCUT2D eigenvalue weighted by molar-refractivity contribution is -0.136. The topological polar surface area (TPSA) is 150 Å². The van der Waals surface area contributed by atoms with Gasteiger partial charge in [0.25, 0.3) is 0 Å². The summed E-state index contributed by atoms with van der Waals surface area (Å²) in [6.45, 7) is 12.6. The highest BCUT2D eigenvalue weighted by atomic mass is 16.5. The van der Waals surface area contributed by atoms with E-state index < -0.39 is 11.9 Å². The molecule has 0 atom stereocenters. The number of hydrogen-bond donors (Lipinski definition) is 0. The lowest BCUT2D eigenvalue weighted by Gasteiger charge is -2.25. The Morgan fingerprint density at radius 3 is 1.31 bits per heavy atom. The van der Waals surface area contributed by atoms with E-state index in [9.17, 15) is 9.59 Å². The number of carbonyl (C=O) groups is 2. The van der Waals surface area contributed by atoms with E-state index in [1.54, 1.807) is 12.2 Å². The second-order valence-corrected chi connectivity index (χ2v) is 12.1. The van der Waals surface area contributed by atoms with Crippen LogP contribution in [0.5, 0.6) is 0 Å². The van der Waals surface area contributed by atoms with Gasteiger partial charge in [0.1, 0.15) is 11.4 Å². The summed E-state index contributed by atoms with van der Waals surface area (Å²) in [5.74, 6) is -1.49. The average Bonchev–Trinajstić information content (AvgIpc) is 2.93. The van der Waals surface area contributed by atoms with E-state index in [2.05, 4.69) is 85.9 Å². The van der Waals surface area contributed by atoms with E-state index in [4.69, 9.17) is 20.5 Å². The Morgan fingerprint density at radius 1 is 0.667 bits per heavy atom. The standard InChI is InChI=1S/C32H32N6O4/c1-31(2,3)21-11-19-9-18(14-26(36-38-34)30(40)42-8)24-16-22(32(4,5)6)12-20-10-17(23(15-21)27(19)28(20)24)13-25(35-37-33)29(39)41-7/h9-16H,1-8H3. The van der Waals surface area contributed by atoms with Crippen LogP contribution in [-0.2, 0) is 29.9 Å². The zero-order valence-corrected chi connectivity index (χ0v) is 24.9. The summed E-state index contributed by atoms with van der Waals surface area (Å²) in [5.41, 5.74) is 20.9. The molecule has 4 rings (SSSR count). The molecule has 0 bridgehead atoms. The molecule has 0 saturated heterocycles. The molecule has 0 spiro atoms. The van der Waals surface area contributed by atoms with Gasteiger partial charge in [-0.25, -0.2) is 9.59 Å². The monoisotopic (exact) mass is 564 g/mol. The fraction of sp³-hybridized carbons (Fsp3) is 0.312. The maximum atomic E-state index is 12.5. The Balaban J connectivity index is 2.31. The zero-order valence-electron chi connectivity index (χ0n) is 24.9. The van der Waals surface area contributed by atoms with Gasteiger partial charge in [-0.2, -0.15) is 0 Å². The molecule has 10 heteroatoms. The number of rotatable bonds is 6. The molecule has 0 N–H and O–H groups in total. The van der Waals surface area contributed by atoms with E-state index >= 15 is 0 Å². The first-order valence-electron chi connectivity index (χ1n) is 13.2. The predicted octanol–water partition coefficient (Wildman–Crippen LogP) is 8.83. The van der Waals surface area contributed by atoms with Gasteiger partial charge in [-0.1, -0.05) is 63.9 Å². The first kappa shape index (κ1) is 29.9. The fourth-order valence-electron chi connectivity index (χ4n) is 5.02. The van der Waals surface area contributed by atoms with Crippen molar-refractivity contribution in [3.63, 3.8) is 0 Å². The zero-order chi connectivity index (χ0) is 31.0. The number of carbonyl (C=O) groups excluding carboxylic acids is 2. The normalized spacial score (nSPS) is 12.8. The molecule has 10 nitrogen and oxygen atoms in total. The molecule has 4 aromatic carbocycles. The summed E-state index contributed by atoms with van der Waals surface area (Å²) in [4.78, 5) is 30.6. The molecular weight excluding hydrogens is 532 g/mol. The van der Waals surface area contributed by atoms with E-state index in [1.165, 1.54) is 14.2 Å². The number of ether oxygens (including phenoxy) is 2. The molecule has 0 aliphatic heterocycles. The van der Waals surface area contributed by atoms with Crippen molar-refractivity contribution in [3.8, 4) is 0 Å². The van der Waals surface area contributed by atoms with Crippen LogP contribution in [0.1, 0.15) is 63.8 Å². The van der Waals surface area contributed by atoms with Crippen LogP contribution in [0.4, 0.5) is 0 Å². The van der Waals surface area contributed by atoms with Crippen molar-refractivity contribution >= 4 is 56.4 Å². The first-order valence-corrected chi connectivity index (χ1v) is 13.2. The van der Waals surface area contributed by atoms with Gasteiger partial charge in [-0.15, -0.1) is 0 Å². The van der Waals surface area contributed by atoms with Crippen LogP contribution < -0.4 is 0 Å². The Bertz CT molecular complexity index is 1770. The van der Waals surface area contributed by atoms with Crippen LogP contribution >= 0.6 is 0 Å². The van der Waals surface area contributed by atoms with Gasteiger partial charge in [0.2, 0.25) is 0 Å². The number of nitrogens with zero attached hydrogens (tertiary/aromatic N) is 6. The van der Waals surface area contributed by atoms with E-state index in [1.807, 2.05) is 12.1 Å². The average molecular weight is 565 g/mol. The molecule has 0 fully saturated rings. The molecule has 0 aromatic heterocycles. The molecule has 42 heavy (non-hydrogen) atoms. The van der Waals surface area contributed by atoms with Gasteiger partial charge in [0.15, 0.2) is 0 Å². The van der Waals surface area contributed by atoms with Gasteiger partial charge in [0.05, 0.1) is 14.2 Å². The van der Waals surface area contributed by atoms with Crippen molar-refractivity contribution in [1.29, 1.82) is 0 Å². The third-order valence-corrected chi connectivity index (χ3v) is 7.24. The minimum absolute atomic E-state index is 0.163. The lowest BCUT2D eigenvalue weighted by Crippen LogP contribution is -2.12. The largest absolute Gasteiger partial charge is 0.466 e. The maximum Gasteiger partial charge on any atom is 0.340 e. The smallest absolute Gasteiger partial charge is 0.340 e. The summed E-state index contributed by atoms with van der Waals surface area (Å²) < 4.78 is 9.74. The van der Waals surface area contributed by atoms with Crippen molar-refractivity contribution in [3.05, 3.63) is 90.9 Å². The van der Waals surface area contributed by atoms with E-state index in [-0.39, 0.29) is 22.2 Å². The molecule has 0 heterocycles. The molecule has 0 radical (unpaired) electrons. The van der Waals surface area contributed by atoms with Crippen LogP contribution in [0.15, 0.2) is 58.0 Å². The summed E-state index contributed by atoms with van der Waals surface area (Å²) in [7, 11) is 2.47. The Morgan fingerprint density at radius 2 is 1.02 bits per heavy atom. The number of azide groups is 2. The summed E-state index contributed by atoms with van der Waals surface area (Å²) in [6, 6.07) is 12.3. The molecule has 0 saturated carbocycles. The van der Waals surface area contributed by atoms with Gasteiger partial charge in [-0.05, 0) is 113 Å². The third kappa shape index (κ3) is 5.59. The van der Waals surface area contributed by atoms with Crippen molar-refractivity contribution < 1.29 is 19.1 Å². The summed E-state index contributed by atoms with van der Waals surface area (Å²) in [5, 5.41) is 12.6. The number of hydrogen-bond acceptors (Lipinski definition) is 6. The minimum Gasteiger partial charge on any atom is -0.466 e. The Kier molecular flexibility index (Phi) is 7.90. The summed E-state index contributed by atoms with van der Waals surface area (Å²) in [6.07, 6.45) is 3.10. The number of esters is 2. The SMILES string of the molecule is COC(=O)C(=Cc1cc2cc(C(C)(C)C)cc3c(C=C(N=[N+]=[N-])C(=O)OC)cc4cc(C(C)(C)C)cc1c4c23)N=[N+]=[N-]. The number of methoxy groups -OCH3 is 2. The minimum atomic E-state index is -0.745. The van der Waals surface area contributed by atoms with Crippen LogP contribution in [0.25, 0.3) is 65.4 Å². The van der Waals surface area contributed by atoms with Crippen LogP contribution in [0, 0.1) is 0 Å². The van der Waals surface area contributed by atoms with Gasteiger partial charge < -0.3 is 9.47 Å². The van der Waals surface area contributed by atoms with Crippen LogP contribution in [0.2, 0.25) is 0 Å². The quantitative estimate of drug-likeness (QED) is 0.0573. The molecule has 214 valence electrons. The maximum absolute atomic E-state index is 12.5. The molecular formula is C32H32N6O4. The van der Waals surface area contributed by atoms with Gasteiger partial charge >= 0.3 is 11.9 Å². The molecule has 0 amide bonds. The predicted molar refractivity (Wildman–Crippen MR) is 166 cm³/mol. The molecule has 0 aliphatic rings. The Hall–Kier alpha value is -5.04. The fourth-order valence-corrected chi connectivity index (χ4v) is 5.02. The van der Waals surface area contributed by atoms with E-state index in [0.29, 0.717) is 11.1 Å². The van der Waals surface area contributed by atoms with Gasteiger partial charge in [-0.3, -0.25) is 0 Å². The second kappa shape index (κ2) is 11.1. The van der Waals surface area contributed by atoms with Crippen molar-refractivity contribution in [1.82, 2.24) is 0 Å². The lowest BCUT2D eigenvalue weighted by atomic mass is 9.79. The number of benzene rings is 4. The highest BCUT2D eigenvalue weighted by Gasteiger charge is 2.23. The van der Waals surface area contributed by atoms with Crippen molar-refractivity contribution in [2.45, 2.75) is 52.4 Å². The van der Waals surface area contributed by atoms with Crippen molar-refractivity contribution in [2.24, 2.45) is 10.2 Å². The highest BCUT2D eigenvalue weighted by Crippen LogP contribution is 2.43. The van der Waals surface area contributed by atoms with E-state index in [0.717, 1.165) is 43.4 Å². The Labute approximate surface area is 243 Å². The molecule has 4 aromatic rings. The molecule has 0 unspecified atom stereocenters. The summed E-state index contributed by atoms with van der Waals surface area (Å²) >= 11 is 0.